The Morgan fingerprint density at radius 1 is 1.27 bits per heavy atom. The fourth-order valence-electron chi connectivity index (χ4n) is 2.49. The molecule has 5 nitrogen and oxygen atoms in total. The third-order valence-corrected chi connectivity index (χ3v) is 4.23. The van der Waals surface area contributed by atoms with Gasteiger partial charge in [-0.2, -0.15) is 0 Å². The van der Waals surface area contributed by atoms with Crippen molar-refractivity contribution in [3.63, 3.8) is 0 Å². The lowest BCUT2D eigenvalue weighted by Crippen LogP contribution is -2.37. The zero-order chi connectivity index (χ0) is 16.1. The number of carbonyl (C=O) groups is 1. The van der Waals surface area contributed by atoms with Gasteiger partial charge in [-0.3, -0.25) is 9.69 Å². The van der Waals surface area contributed by atoms with Gasteiger partial charge in [-0.15, -0.1) is 0 Å². The zero-order valence-corrected chi connectivity index (χ0v) is 13.6. The summed E-state index contributed by atoms with van der Waals surface area (Å²) in [5.74, 6) is 0.686. The van der Waals surface area contributed by atoms with Crippen LogP contribution in [-0.4, -0.2) is 48.3 Å². The normalized spacial score (nSPS) is 23.1. The highest BCUT2D eigenvalue weighted by atomic mass is 16.5. The molecule has 2 N–H and O–H groups in total. The van der Waals surface area contributed by atoms with E-state index in [9.17, 15) is 9.90 Å². The number of aliphatic hydroxyl groups is 1. The van der Waals surface area contributed by atoms with Gasteiger partial charge in [0.15, 0.2) is 0 Å². The van der Waals surface area contributed by atoms with Gasteiger partial charge in [0.2, 0.25) is 5.91 Å². The topological polar surface area (TPSA) is 61.8 Å². The number of nitrogens with one attached hydrogen (secondary N) is 1. The van der Waals surface area contributed by atoms with Crippen LogP contribution in [0.4, 0.5) is 5.69 Å². The molecule has 0 saturated heterocycles. The number of likely N-dealkylation sites (N-methyl/N-ethyl adjacent to an activating group) is 1. The average Bonchev–Trinajstić information content (AvgIpc) is 2.50. The van der Waals surface area contributed by atoms with Gasteiger partial charge in [0.25, 0.3) is 0 Å². The minimum Gasteiger partial charge on any atom is -0.488 e. The standard InChI is InChI=1S/C17H26N2O3/c1-12(19(2)3)17(21)18-13-8-10-14(11-9-13)22-16-7-5-4-6-15(16)20/h8-12,15-16,20H,4-7H2,1-3H3,(H,18,21)/t12-,15?,16?/m0/s1. The van der Waals surface area contributed by atoms with Gasteiger partial charge in [0.1, 0.15) is 11.9 Å². The Morgan fingerprint density at radius 2 is 1.91 bits per heavy atom. The first kappa shape index (κ1) is 16.8. The van der Waals surface area contributed by atoms with Gasteiger partial charge in [-0.25, -0.2) is 0 Å². The quantitative estimate of drug-likeness (QED) is 0.876. The molecule has 0 heterocycles. The van der Waals surface area contributed by atoms with Crippen LogP contribution in [0, 0.1) is 0 Å². The maximum absolute atomic E-state index is 12.0. The van der Waals surface area contributed by atoms with Crippen molar-refractivity contribution in [2.45, 2.75) is 50.9 Å². The second kappa shape index (κ2) is 7.61. The molecular formula is C17H26N2O3. The lowest BCUT2D eigenvalue weighted by atomic mass is 9.95. The number of amides is 1. The molecule has 0 aliphatic heterocycles. The Hall–Kier alpha value is -1.59. The second-order valence-corrected chi connectivity index (χ2v) is 6.16. The zero-order valence-electron chi connectivity index (χ0n) is 13.6. The van der Waals surface area contributed by atoms with E-state index in [1.165, 1.54) is 0 Å². The Morgan fingerprint density at radius 3 is 2.50 bits per heavy atom. The molecule has 0 radical (unpaired) electrons. The van der Waals surface area contributed by atoms with Crippen molar-refractivity contribution >= 4 is 11.6 Å². The van der Waals surface area contributed by atoms with Crippen LogP contribution in [0.3, 0.4) is 0 Å². The van der Waals surface area contributed by atoms with Crippen molar-refractivity contribution in [1.29, 1.82) is 0 Å². The smallest absolute Gasteiger partial charge is 0.241 e. The van der Waals surface area contributed by atoms with E-state index < -0.39 is 0 Å². The fourth-order valence-corrected chi connectivity index (χ4v) is 2.49. The first-order valence-corrected chi connectivity index (χ1v) is 7.89. The Kier molecular flexibility index (Phi) is 5.80. The highest BCUT2D eigenvalue weighted by Gasteiger charge is 2.24. The average molecular weight is 306 g/mol. The summed E-state index contributed by atoms with van der Waals surface area (Å²) in [5.41, 5.74) is 0.746. The van der Waals surface area contributed by atoms with Crippen molar-refractivity contribution < 1.29 is 14.6 Å². The molecule has 1 aliphatic rings. The van der Waals surface area contributed by atoms with Gasteiger partial charge in [0, 0.05) is 5.69 Å². The summed E-state index contributed by atoms with van der Waals surface area (Å²) in [6.45, 7) is 1.86. The van der Waals surface area contributed by atoms with E-state index in [1.807, 2.05) is 50.2 Å². The molecule has 1 aliphatic carbocycles. The lowest BCUT2D eigenvalue weighted by molar-refractivity contribution is -0.119. The third kappa shape index (κ3) is 4.45. The molecule has 1 aromatic rings. The molecular weight excluding hydrogens is 280 g/mol. The van der Waals surface area contributed by atoms with E-state index in [1.54, 1.807) is 0 Å². The molecule has 1 saturated carbocycles. The predicted octanol–water partition coefficient (Wildman–Crippen LogP) is 2.26. The van der Waals surface area contributed by atoms with Crippen molar-refractivity contribution in [3.05, 3.63) is 24.3 Å². The Labute approximate surface area is 132 Å². The van der Waals surface area contributed by atoms with Gasteiger partial charge in [0.05, 0.1) is 12.1 Å². The Bertz CT molecular complexity index is 487. The largest absolute Gasteiger partial charge is 0.488 e. The highest BCUT2D eigenvalue weighted by Crippen LogP contribution is 2.24. The molecule has 1 amide bonds. The number of hydrogen-bond acceptors (Lipinski definition) is 4. The summed E-state index contributed by atoms with van der Waals surface area (Å²) in [5, 5.41) is 12.8. The van der Waals surface area contributed by atoms with Gasteiger partial charge in [-0.05, 0) is 64.5 Å². The van der Waals surface area contributed by atoms with E-state index in [0.29, 0.717) is 0 Å². The monoisotopic (exact) mass is 306 g/mol. The molecule has 2 unspecified atom stereocenters. The summed E-state index contributed by atoms with van der Waals surface area (Å²) in [6, 6.07) is 7.12. The van der Waals surface area contributed by atoms with Crippen molar-refractivity contribution in [2.75, 3.05) is 19.4 Å². The number of aliphatic hydroxyl groups excluding tert-OH is 1. The highest BCUT2D eigenvalue weighted by molar-refractivity contribution is 5.94. The molecule has 0 aromatic heterocycles. The lowest BCUT2D eigenvalue weighted by Gasteiger charge is -2.28. The van der Waals surface area contributed by atoms with Crippen LogP contribution in [0.15, 0.2) is 24.3 Å². The Balaban J connectivity index is 1.91. The minimum absolute atomic E-state index is 0.0404. The second-order valence-electron chi connectivity index (χ2n) is 6.16. The van der Waals surface area contributed by atoms with E-state index in [4.69, 9.17) is 4.74 Å². The summed E-state index contributed by atoms with van der Waals surface area (Å²) in [4.78, 5) is 13.8. The van der Waals surface area contributed by atoms with Crippen molar-refractivity contribution in [2.24, 2.45) is 0 Å². The van der Waals surface area contributed by atoms with Crippen molar-refractivity contribution in [1.82, 2.24) is 4.90 Å². The van der Waals surface area contributed by atoms with Crippen LogP contribution in [0.2, 0.25) is 0 Å². The van der Waals surface area contributed by atoms with Crippen LogP contribution < -0.4 is 10.1 Å². The first-order valence-electron chi connectivity index (χ1n) is 7.89. The van der Waals surface area contributed by atoms with E-state index in [-0.39, 0.29) is 24.2 Å². The van der Waals surface area contributed by atoms with Crippen LogP contribution in [0.25, 0.3) is 0 Å². The molecule has 1 fully saturated rings. The summed E-state index contributed by atoms with van der Waals surface area (Å²) in [6.07, 6.45) is 3.35. The van der Waals surface area contributed by atoms with Gasteiger partial charge in [-0.1, -0.05) is 6.42 Å². The number of hydrogen-bond donors (Lipinski definition) is 2. The molecule has 0 bridgehead atoms. The molecule has 3 atom stereocenters. The van der Waals surface area contributed by atoms with Crippen molar-refractivity contribution in [3.8, 4) is 5.75 Å². The minimum atomic E-state index is -0.380. The number of carbonyl (C=O) groups excluding carboxylic acids is 1. The summed E-state index contributed by atoms with van der Waals surface area (Å²) in [7, 11) is 3.74. The van der Waals surface area contributed by atoms with E-state index in [0.717, 1.165) is 37.1 Å². The van der Waals surface area contributed by atoms with Crippen LogP contribution >= 0.6 is 0 Å². The molecule has 0 spiro atoms. The fraction of sp³-hybridized carbons (Fsp3) is 0.588. The third-order valence-electron chi connectivity index (χ3n) is 4.23. The number of ether oxygens (including phenoxy) is 1. The van der Waals surface area contributed by atoms with Crippen LogP contribution in [0.1, 0.15) is 32.6 Å². The van der Waals surface area contributed by atoms with Gasteiger partial charge < -0.3 is 15.2 Å². The van der Waals surface area contributed by atoms with E-state index in [2.05, 4.69) is 5.32 Å². The molecule has 1 aromatic carbocycles. The number of nitrogens with zero attached hydrogens (tertiary/aromatic N) is 1. The molecule has 122 valence electrons. The van der Waals surface area contributed by atoms with Crippen LogP contribution in [-0.2, 0) is 4.79 Å². The molecule has 5 heteroatoms. The summed E-state index contributed by atoms with van der Waals surface area (Å²) < 4.78 is 5.84. The molecule has 22 heavy (non-hydrogen) atoms. The SMILES string of the molecule is C[C@@H](C(=O)Nc1ccc(OC2CCCCC2O)cc1)N(C)C. The van der Waals surface area contributed by atoms with Gasteiger partial charge >= 0.3 is 0 Å². The van der Waals surface area contributed by atoms with E-state index >= 15 is 0 Å². The maximum atomic E-state index is 12.0. The predicted molar refractivity (Wildman–Crippen MR) is 87.1 cm³/mol. The number of rotatable bonds is 5. The summed E-state index contributed by atoms with van der Waals surface area (Å²) >= 11 is 0. The van der Waals surface area contributed by atoms with Crippen LogP contribution in [0.5, 0.6) is 5.75 Å². The number of anilines is 1. The maximum Gasteiger partial charge on any atom is 0.241 e. The molecule has 2 rings (SSSR count). The number of benzene rings is 1. The first-order chi connectivity index (χ1) is 10.5.